The van der Waals surface area contributed by atoms with Crippen LogP contribution in [0.5, 0.6) is 0 Å². The van der Waals surface area contributed by atoms with E-state index in [1.54, 1.807) is 0 Å². The molecular formula is C15H29F3N2S. The van der Waals surface area contributed by atoms with Crippen molar-refractivity contribution in [3.63, 3.8) is 0 Å². The predicted octanol–water partition coefficient (Wildman–Crippen LogP) is 3.68. The second-order valence-corrected chi connectivity index (χ2v) is 6.64. The van der Waals surface area contributed by atoms with E-state index >= 15 is 0 Å². The van der Waals surface area contributed by atoms with Crippen LogP contribution in [0.4, 0.5) is 13.2 Å². The summed E-state index contributed by atoms with van der Waals surface area (Å²) in [6.07, 6.45) is 0.477. The van der Waals surface area contributed by atoms with Crippen molar-refractivity contribution >= 4 is 12.6 Å². The molecule has 0 atom stereocenters. The molecule has 1 saturated heterocycles. The fourth-order valence-corrected chi connectivity index (χ4v) is 3.80. The third kappa shape index (κ3) is 6.78. The molecule has 1 aliphatic heterocycles. The minimum Gasteiger partial charge on any atom is -0.300 e. The molecule has 0 spiro atoms. The van der Waals surface area contributed by atoms with Crippen LogP contribution < -0.4 is 0 Å². The molecule has 2 nitrogen and oxygen atoms in total. The first-order valence-corrected chi connectivity index (χ1v) is 8.59. The Morgan fingerprint density at radius 1 is 0.857 bits per heavy atom. The van der Waals surface area contributed by atoms with Crippen molar-refractivity contribution in [2.75, 3.05) is 45.0 Å². The summed E-state index contributed by atoms with van der Waals surface area (Å²) in [6, 6.07) is 0. The van der Waals surface area contributed by atoms with Crippen molar-refractivity contribution < 1.29 is 13.2 Å². The lowest BCUT2D eigenvalue weighted by molar-refractivity contribution is -0.149. The molecule has 0 N–H and O–H groups in total. The van der Waals surface area contributed by atoms with E-state index in [4.69, 9.17) is 0 Å². The molecule has 1 aliphatic rings. The zero-order valence-electron chi connectivity index (χ0n) is 13.3. The number of hydrogen-bond donors (Lipinski definition) is 1. The monoisotopic (exact) mass is 326 g/mol. The number of thiol groups is 1. The lowest BCUT2D eigenvalue weighted by atomic mass is 9.80. The summed E-state index contributed by atoms with van der Waals surface area (Å²) in [6.45, 7) is 7.07. The van der Waals surface area contributed by atoms with Gasteiger partial charge in [-0.15, -0.1) is 0 Å². The van der Waals surface area contributed by atoms with Crippen LogP contribution in [0.25, 0.3) is 0 Å². The summed E-state index contributed by atoms with van der Waals surface area (Å²) in [5.41, 5.74) is 0.221. The van der Waals surface area contributed by atoms with Gasteiger partial charge in [-0.2, -0.15) is 25.8 Å². The maximum absolute atomic E-state index is 12.4. The standard InChI is InChI=1S/C15H29F3N2S/c1-3-5-14(13-21,6-4-2)11-19-7-9-20(10-8-19)12-15(16,17)18/h21H,3-13H2,1-2H3. The van der Waals surface area contributed by atoms with E-state index < -0.39 is 12.7 Å². The average Bonchev–Trinajstić information content (AvgIpc) is 2.40. The number of alkyl halides is 3. The van der Waals surface area contributed by atoms with E-state index in [1.165, 1.54) is 4.90 Å². The normalized spacial score (nSPS) is 19.1. The van der Waals surface area contributed by atoms with Crippen LogP contribution in [0.3, 0.4) is 0 Å². The van der Waals surface area contributed by atoms with Crippen molar-refractivity contribution in [2.45, 2.75) is 45.7 Å². The van der Waals surface area contributed by atoms with Gasteiger partial charge in [0.15, 0.2) is 0 Å². The average molecular weight is 326 g/mol. The summed E-state index contributed by atoms with van der Waals surface area (Å²) in [5, 5.41) is 0. The molecule has 0 unspecified atom stereocenters. The summed E-state index contributed by atoms with van der Waals surface area (Å²) < 4.78 is 37.2. The second-order valence-electron chi connectivity index (χ2n) is 6.33. The van der Waals surface area contributed by atoms with Gasteiger partial charge in [0.05, 0.1) is 6.54 Å². The molecule has 126 valence electrons. The van der Waals surface area contributed by atoms with E-state index in [1.807, 2.05) is 0 Å². The van der Waals surface area contributed by atoms with Gasteiger partial charge in [-0.05, 0) is 24.0 Å². The van der Waals surface area contributed by atoms with E-state index in [-0.39, 0.29) is 5.41 Å². The molecule has 6 heteroatoms. The van der Waals surface area contributed by atoms with Crippen LogP contribution in [-0.4, -0.2) is 61.0 Å². The van der Waals surface area contributed by atoms with Gasteiger partial charge < -0.3 is 4.90 Å². The molecule has 0 radical (unpaired) electrons. The predicted molar refractivity (Wildman–Crippen MR) is 85.0 cm³/mol. The Labute approximate surface area is 132 Å². The molecule has 0 aromatic rings. The quantitative estimate of drug-likeness (QED) is 0.680. The van der Waals surface area contributed by atoms with Gasteiger partial charge in [0.25, 0.3) is 0 Å². The Morgan fingerprint density at radius 3 is 1.62 bits per heavy atom. The number of rotatable bonds is 8. The van der Waals surface area contributed by atoms with Crippen LogP contribution in [-0.2, 0) is 0 Å². The van der Waals surface area contributed by atoms with Gasteiger partial charge in [-0.3, -0.25) is 4.90 Å². The Morgan fingerprint density at radius 2 is 1.29 bits per heavy atom. The van der Waals surface area contributed by atoms with Crippen LogP contribution in [0.1, 0.15) is 39.5 Å². The third-order valence-corrected chi connectivity index (χ3v) is 4.99. The molecule has 0 aromatic carbocycles. The Balaban J connectivity index is 2.49. The number of hydrogen-bond acceptors (Lipinski definition) is 3. The SMILES string of the molecule is CCCC(CS)(CCC)CN1CCN(CC(F)(F)F)CC1. The van der Waals surface area contributed by atoms with Gasteiger partial charge in [-0.25, -0.2) is 0 Å². The summed E-state index contributed by atoms with van der Waals surface area (Å²) in [7, 11) is 0. The largest absolute Gasteiger partial charge is 0.401 e. The van der Waals surface area contributed by atoms with Crippen molar-refractivity contribution in [2.24, 2.45) is 5.41 Å². The van der Waals surface area contributed by atoms with Crippen molar-refractivity contribution in [3.8, 4) is 0 Å². The first-order valence-electron chi connectivity index (χ1n) is 7.96. The van der Waals surface area contributed by atoms with Crippen LogP contribution in [0.2, 0.25) is 0 Å². The topological polar surface area (TPSA) is 6.48 Å². The van der Waals surface area contributed by atoms with Crippen LogP contribution in [0.15, 0.2) is 0 Å². The Hall–Kier alpha value is 0.0600. The van der Waals surface area contributed by atoms with Crippen LogP contribution in [0, 0.1) is 5.41 Å². The summed E-state index contributed by atoms with van der Waals surface area (Å²) >= 11 is 4.56. The zero-order valence-corrected chi connectivity index (χ0v) is 14.1. The molecule has 21 heavy (non-hydrogen) atoms. The van der Waals surface area contributed by atoms with Crippen molar-refractivity contribution in [3.05, 3.63) is 0 Å². The molecule has 1 rings (SSSR count). The van der Waals surface area contributed by atoms with Gasteiger partial charge >= 0.3 is 6.18 Å². The fraction of sp³-hybridized carbons (Fsp3) is 1.00. The highest BCUT2D eigenvalue weighted by molar-refractivity contribution is 7.80. The molecule has 1 fully saturated rings. The Bertz CT molecular complexity index is 283. The number of halogens is 3. The number of nitrogens with zero attached hydrogens (tertiary/aromatic N) is 2. The van der Waals surface area contributed by atoms with Gasteiger partial charge in [0.2, 0.25) is 0 Å². The lowest BCUT2D eigenvalue weighted by Gasteiger charge is -2.41. The molecule has 0 saturated carbocycles. The molecule has 0 aromatic heterocycles. The lowest BCUT2D eigenvalue weighted by Crippen LogP contribution is -2.52. The van der Waals surface area contributed by atoms with E-state index in [2.05, 4.69) is 31.4 Å². The first-order chi connectivity index (χ1) is 9.84. The van der Waals surface area contributed by atoms with Crippen molar-refractivity contribution in [1.82, 2.24) is 9.80 Å². The molecule has 0 bridgehead atoms. The smallest absolute Gasteiger partial charge is 0.300 e. The summed E-state index contributed by atoms with van der Waals surface area (Å²) in [4.78, 5) is 3.84. The third-order valence-electron chi connectivity index (χ3n) is 4.32. The second kappa shape index (κ2) is 8.63. The number of piperazine rings is 1. The Kier molecular flexibility index (Phi) is 7.85. The minimum atomic E-state index is -4.08. The zero-order chi connectivity index (χ0) is 15.9. The first kappa shape index (κ1) is 19.1. The minimum absolute atomic E-state index is 0.221. The van der Waals surface area contributed by atoms with Gasteiger partial charge in [-0.1, -0.05) is 26.7 Å². The maximum Gasteiger partial charge on any atom is 0.401 e. The highest BCUT2D eigenvalue weighted by Gasteiger charge is 2.34. The van der Waals surface area contributed by atoms with Gasteiger partial charge in [0, 0.05) is 32.7 Å². The van der Waals surface area contributed by atoms with E-state index in [0.29, 0.717) is 13.1 Å². The molecule has 0 aliphatic carbocycles. The van der Waals surface area contributed by atoms with E-state index in [9.17, 15) is 13.2 Å². The van der Waals surface area contributed by atoms with E-state index in [0.717, 1.165) is 51.1 Å². The highest BCUT2D eigenvalue weighted by Crippen LogP contribution is 2.32. The van der Waals surface area contributed by atoms with Gasteiger partial charge in [0.1, 0.15) is 0 Å². The molecular weight excluding hydrogens is 297 g/mol. The van der Waals surface area contributed by atoms with Crippen molar-refractivity contribution in [1.29, 1.82) is 0 Å². The van der Waals surface area contributed by atoms with Crippen LogP contribution >= 0.6 is 12.6 Å². The maximum atomic E-state index is 12.4. The highest BCUT2D eigenvalue weighted by atomic mass is 32.1. The molecule has 0 amide bonds. The fourth-order valence-electron chi connectivity index (χ4n) is 3.39. The molecule has 1 heterocycles. The summed E-state index contributed by atoms with van der Waals surface area (Å²) in [5.74, 6) is 0.859.